The molecule has 0 aliphatic carbocycles. The Kier molecular flexibility index (Phi) is 6.26. The van der Waals surface area contributed by atoms with E-state index < -0.39 is 0 Å². The Morgan fingerprint density at radius 2 is 1.76 bits per heavy atom. The largest absolute Gasteiger partial charge is 0.360 e. The van der Waals surface area contributed by atoms with E-state index in [1.54, 1.807) is 0 Å². The summed E-state index contributed by atoms with van der Waals surface area (Å²) in [4.78, 5) is 15.4. The molecule has 21 heavy (non-hydrogen) atoms. The molecule has 0 atom stereocenters. The lowest BCUT2D eigenvalue weighted by molar-refractivity contribution is 0.0980. The maximum atomic E-state index is 12.3. The van der Waals surface area contributed by atoms with Crippen molar-refractivity contribution in [3.8, 4) is 0 Å². The average molecular weight is 283 g/mol. The topological polar surface area (TPSA) is 32.9 Å². The zero-order chi connectivity index (χ0) is 14.9. The molecule has 1 heterocycles. The zero-order valence-corrected chi connectivity index (χ0v) is 12.7. The van der Waals surface area contributed by atoms with Crippen LogP contribution in [0.4, 0.5) is 0 Å². The van der Waals surface area contributed by atoms with Crippen molar-refractivity contribution >= 4 is 16.7 Å². The van der Waals surface area contributed by atoms with E-state index in [0.29, 0.717) is 6.42 Å². The van der Waals surface area contributed by atoms with Gasteiger partial charge in [-0.25, -0.2) is 0 Å². The molecule has 2 rings (SSSR count). The highest BCUT2D eigenvalue weighted by molar-refractivity contribution is 6.07. The SMILES string of the molecule is C=CCCCCCCCCC(=O)c1c[nH]c2ccccc12. The molecule has 0 radical (unpaired) electrons. The molecule has 1 N–H and O–H groups in total. The van der Waals surface area contributed by atoms with Crippen molar-refractivity contribution in [1.82, 2.24) is 4.98 Å². The number of rotatable bonds is 10. The summed E-state index contributed by atoms with van der Waals surface area (Å²) in [6.07, 6.45) is 12.8. The molecule has 0 saturated heterocycles. The van der Waals surface area contributed by atoms with Crippen molar-refractivity contribution in [1.29, 1.82) is 0 Å². The van der Waals surface area contributed by atoms with Gasteiger partial charge >= 0.3 is 0 Å². The highest BCUT2D eigenvalue weighted by Crippen LogP contribution is 2.20. The van der Waals surface area contributed by atoms with Crippen LogP contribution in [-0.2, 0) is 0 Å². The van der Waals surface area contributed by atoms with Gasteiger partial charge in [0.25, 0.3) is 0 Å². The third-order valence-electron chi connectivity index (χ3n) is 3.95. The van der Waals surface area contributed by atoms with E-state index in [9.17, 15) is 4.79 Å². The third kappa shape index (κ3) is 4.59. The molecule has 0 fully saturated rings. The van der Waals surface area contributed by atoms with Crippen LogP contribution in [0, 0.1) is 0 Å². The fourth-order valence-corrected chi connectivity index (χ4v) is 2.72. The molecule has 112 valence electrons. The molecule has 2 aromatic rings. The van der Waals surface area contributed by atoms with Gasteiger partial charge in [-0.15, -0.1) is 6.58 Å². The second kappa shape index (κ2) is 8.46. The van der Waals surface area contributed by atoms with E-state index in [-0.39, 0.29) is 5.78 Å². The van der Waals surface area contributed by atoms with Crippen LogP contribution >= 0.6 is 0 Å². The van der Waals surface area contributed by atoms with Crippen molar-refractivity contribution in [3.63, 3.8) is 0 Å². The van der Waals surface area contributed by atoms with Crippen molar-refractivity contribution in [2.45, 2.75) is 51.4 Å². The molecule has 0 amide bonds. The zero-order valence-electron chi connectivity index (χ0n) is 12.7. The number of para-hydroxylation sites is 1. The smallest absolute Gasteiger partial charge is 0.165 e. The van der Waals surface area contributed by atoms with Gasteiger partial charge in [-0.3, -0.25) is 4.79 Å². The Balaban J connectivity index is 1.69. The number of hydrogen-bond acceptors (Lipinski definition) is 1. The molecule has 0 spiro atoms. The van der Waals surface area contributed by atoms with Gasteiger partial charge in [0.1, 0.15) is 0 Å². The van der Waals surface area contributed by atoms with E-state index in [4.69, 9.17) is 0 Å². The number of fused-ring (bicyclic) bond motifs is 1. The number of H-pyrrole nitrogens is 1. The molecule has 1 aromatic heterocycles. The highest BCUT2D eigenvalue weighted by Gasteiger charge is 2.10. The maximum Gasteiger partial charge on any atom is 0.165 e. The van der Waals surface area contributed by atoms with Crippen LogP contribution < -0.4 is 0 Å². The number of ketones is 1. The van der Waals surface area contributed by atoms with Gasteiger partial charge in [-0.05, 0) is 25.3 Å². The predicted octanol–water partition coefficient (Wildman–Crippen LogP) is 5.66. The van der Waals surface area contributed by atoms with Crippen LogP contribution in [0.15, 0.2) is 43.1 Å². The summed E-state index contributed by atoms with van der Waals surface area (Å²) in [5, 5.41) is 1.05. The molecule has 0 aliphatic heterocycles. The summed E-state index contributed by atoms with van der Waals surface area (Å²) in [6.45, 7) is 3.73. The van der Waals surface area contributed by atoms with Gasteiger partial charge in [0, 0.05) is 29.1 Å². The first-order valence-electron chi connectivity index (χ1n) is 8.03. The molecule has 0 aliphatic rings. The monoisotopic (exact) mass is 283 g/mol. The molecule has 0 bridgehead atoms. The standard InChI is InChI=1S/C19H25NO/c1-2-3-4-5-6-7-8-9-14-19(21)17-15-20-18-13-11-10-12-16(17)18/h2,10-13,15,20H,1,3-9,14H2. The van der Waals surface area contributed by atoms with Gasteiger partial charge in [-0.1, -0.05) is 50.0 Å². The summed E-state index contributed by atoms with van der Waals surface area (Å²) in [5.74, 6) is 0.263. The first-order chi connectivity index (χ1) is 10.3. The number of Topliss-reactive ketones (excluding diaryl/α,β-unsaturated/α-hetero) is 1. The van der Waals surface area contributed by atoms with Crippen molar-refractivity contribution in [2.24, 2.45) is 0 Å². The fourth-order valence-electron chi connectivity index (χ4n) is 2.72. The predicted molar refractivity (Wildman–Crippen MR) is 89.8 cm³/mol. The Labute approximate surface area is 127 Å². The maximum absolute atomic E-state index is 12.3. The fraction of sp³-hybridized carbons (Fsp3) is 0.421. The second-order valence-electron chi connectivity index (χ2n) is 5.62. The van der Waals surface area contributed by atoms with E-state index in [1.165, 1.54) is 25.7 Å². The van der Waals surface area contributed by atoms with E-state index in [1.807, 2.05) is 36.5 Å². The van der Waals surface area contributed by atoms with Crippen LogP contribution in [0.25, 0.3) is 10.9 Å². The van der Waals surface area contributed by atoms with Crippen molar-refractivity contribution in [3.05, 3.63) is 48.7 Å². The van der Waals surface area contributed by atoms with Crippen LogP contribution in [0.2, 0.25) is 0 Å². The van der Waals surface area contributed by atoms with Gasteiger partial charge in [-0.2, -0.15) is 0 Å². The second-order valence-corrected chi connectivity index (χ2v) is 5.62. The van der Waals surface area contributed by atoms with E-state index in [2.05, 4.69) is 11.6 Å². The summed E-state index contributed by atoms with van der Waals surface area (Å²) in [7, 11) is 0. The molecule has 0 saturated carbocycles. The lowest BCUT2D eigenvalue weighted by atomic mass is 10.0. The van der Waals surface area contributed by atoms with Crippen molar-refractivity contribution in [2.75, 3.05) is 0 Å². The number of hydrogen-bond donors (Lipinski definition) is 1. The lowest BCUT2D eigenvalue weighted by Gasteiger charge is -2.01. The molecule has 2 nitrogen and oxygen atoms in total. The molecule has 0 unspecified atom stereocenters. The van der Waals surface area contributed by atoms with Crippen LogP contribution in [0.1, 0.15) is 61.7 Å². The summed E-state index contributed by atoms with van der Waals surface area (Å²) >= 11 is 0. The minimum atomic E-state index is 0.263. The Morgan fingerprint density at radius 1 is 1.05 bits per heavy atom. The quantitative estimate of drug-likeness (QED) is 0.341. The van der Waals surface area contributed by atoms with E-state index in [0.717, 1.165) is 35.7 Å². The minimum Gasteiger partial charge on any atom is -0.360 e. The van der Waals surface area contributed by atoms with Gasteiger partial charge in [0.15, 0.2) is 5.78 Å². The van der Waals surface area contributed by atoms with Gasteiger partial charge < -0.3 is 4.98 Å². The third-order valence-corrected chi connectivity index (χ3v) is 3.95. The molecule has 1 aromatic carbocycles. The number of aromatic amines is 1. The van der Waals surface area contributed by atoms with Crippen molar-refractivity contribution < 1.29 is 4.79 Å². The summed E-state index contributed by atoms with van der Waals surface area (Å²) in [5.41, 5.74) is 1.89. The van der Waals surface area contributed by atoms with Crippen LogP contribution in [0.5, 0.6) is 0 Å². The number of benzene rings is 1. The first kappa shape index (κ1) is 15.6. The Bertz CT molecular complexity index is 582. The van der Waals surface area contributed by atoms with Crippen LogP contribution in [-0.4, -0.2) is 10.8 Å². The van der Waals surface area contributed by atoms with Gasteiger partial charge in [0.2, 0.25) is 0 Å². The first-order valence-corrected chi connectivity index (χ1v) is 8.03. The summed E-state index contributed by atoms with van der Waals surface area (Å²) in [6, 6.07) is 7.99. The highest BCUT2D eigenvalue weighted by atomic mass is 16.1. The van der Waals surface area contributed by atoms with Gasteiger partial charge in [0.05, 0.1) is 0 Å². The molecular formula is C19H25NO. The number of nitrogens with one attached hydrogen (secondary N) is 1. The van der Waals surface area contributed by atoms with Crippen LogP contribution in [0.3, 0.4) is 0 Å². The minimum absolute atomic E-state index is 0.263. The number of aromatic nitrogens is 1. The lowest BCUT2D eigenvalue weighted by Crippen LogP contribution is -1.97. The normalized spacial score (nSPS) is 10.9. The molecule has 2 heteroatoms. The number of carbonyl (C=O) groups is 1. The Hall–Kier alpha value is -1.83. The number of allylic oxidation sites excluding steroid dienone is 1. The summed E-state index contributed by atoms with van der Waals surface area (Å²) < 4.78 is 0. The average Bonchev–Trinajstić information content (AvgIpc) is 2.94. The molecular weight excluding hydrogens is 258 g/mol. The number of unbranched alkanes of at least 4 members (excludes halogenated alkanes) is 6. The Morgan fingerprint density at radius 3 is 2.57 bits per heavy atom. The number of carbonyl (C=O) groups excluding carboxylic acids is 1. The van der Waals surface area contributed by atoms with E-state index >= 15 is 0 Å².